The Kier molecular flexibility index (Phi) is 3.10. The van der Waals surface area contributed by atoms with Gasteiger partial charge in [0.05, 0.1) is 6.10 Å². The van der Waals surface area contributed by atoms with Crippen LogP contribution in [0.5, 0.6) is 0 Å². The second kappa shape index (κ2) is 5.05. The standard InChI is InChI=1S/C24H31NO6/c1-10-5-22-8-14-17-21(4)6-13(30-11(2)26)7-23(17)18(22)16(28)15(10)19(31-12(3)27)24(22,29)20(23)25(14)9-21/h13-20,28-29H,1,5-9H2,2-4H3/t13-,14-,15+,16+,17+,18+,19+,20?,21-,22-,23-,24-/m0/s1. The van der Waals surface area contributed by atoms with Crippen molar-refractivity contribution in [2.45, 2.75) is 82.5 Å². The van der Waals surface area contributed by atoms with Crippen LogP contribution >= 0.6 is 0 Å². The van der Waals surface area contributed by atoms with Gasteiger partial charge < -0.3 is 19.7 Å². The van der Waals surface area contributed by atoms with Crippen molar-refractivity contribution in [3.8, 4) is 0 Å². The normalized spacial score (nSPS) is 63.5. The van der Waals surface area contributed by atoms with Gasteiger partial charge >= 0.3 is 11.9 Å². The molecule has 2 unspecified atom stereocenters. The molecule has 2 N–H and O–H groups in total. The van der Waals surface area contributed by atoms with E-state index in [4.69, 9.17) is 9.47 Å². The lowest BCUT2D eigenvalue weighted by atomic mass is 9.39. The number of carbonyl (C=O) groups is 2. The lowest BCUT2D eigenvalue weighted by Crippen LogP contribution is -2.77. The zero-order valence-corrected chi connectivity index (χ0v) is 18.3. The van der Waals surface area contributed by atoms with Crippen LogP contribution in [0.1, 0.15) is 46.5 Å². The van der Waals surface area contributed by atoms with Crippen molar-refractivity contribution in [2.75, 3.05) is 6.54 Å². The van der Waals surface area contributed by atoms with Crippen LogP contribution in [-0.4, -0.2) is 69.6 Å². The van der Waals surface area contributed by atoms with Crippen molar-refractivity contribution < 1.29 is 29.3 Å². The molecule has 0 radical (unpaired) electrons. The van der Waals surface area contributed by atoms with Crippen molar-refractivity contribution in [1.29, 1.82) is 0 Å². The fraction of sp³-hybridized carbons (Fsp3) is 0.833. The first kappa shape index (κ1) is 19.1. The van der Waals surface area contributed by atoms with Crippen LogP contribution in [0.3, 0.4) is 0 Å². The molecule has 0 aromatic carbocycles. The first-order valence-electron chi connectivity index (χ1n) is 11.7. The van der Waals surface area contributed by atoms with Crippen LogP contribution in [0.25, 0.3) is 0 Å². The summed E-state index contributed by atoms with van der Waals surface area (Å²) in [5, 5.41) is 24.4. The first-order valence-corrected chi connectivity index (χ1v) is 11.7. The van der Waals surface area contributed by atoms with Gasteiger partial charge in [0.15, 0.2) is 0 Å². The molecule has 9 aliphatic rings. The zero-order chi connectivity index (χ0) is 21.9. The number of piperidine rings is 2. The first-order chi connectivity index (χ1) is 14.5. The molecule has 0 aromatic rings. The third-order valence-corrected chi connectivity index (χ3v) is 10.9. The van der Waals surface area contributed by atoms with Crippen LogP contribution in [0.2, 0.25) is 0 Å². The summed E-state index contributed by atoms with van der Waals surface area (Å²) in [5.41, 5.74) is -1.20. The van der Waals surface area contributed by atoms with Gasteiger partial charge in [-0.25, -0.2) is 0 Å². The van der Waals surface area contributed by atoms with Gasteiger partial charge in [0.25, 0.3) is 0 Å². The molecule has 9 bridgehead atoms. The van der Waals surface area contributed by atoms with E-state index in [1.807, 2.05) is 0 Å². The molecule has 6 aliphatic carbocycles. The van der Waals surface area contributed by atoms with Gasteiger partial charge in [-0.3, -0.25) is 14.5 Å². The van der Waals surface area contributed by atoms with Crippen LogP contribution in [0.15, 0.2) is 12.2 Å². The highest BCUT2D eigenvalue weighted by Crippen LogP contribution is 2.88. The maximum atomic E-state index is 12.6. The summed E-state index contributed by atoms with van der Waals surface area (Å²) in [6.45, 7) is 10.3. The molecule has 7 heteroatoms. The van der Waals surface area contributed by atoms with Gasteiger partial charge in [-0.15, -0.1) is 0 Å². The second-order valence-electron chi connectivity index (χ2n) is 12.1. The molecule has 13 atom stereocenters. The number of ether oxygens (including phenoxy) is 2. The van der Waals surface area contributed by atoms with Crippen molar-refractivity contribution in [2.24, 2.45) is 34.0 Å². The third kappa shape index (κ3) is 1.65. The third-order valence-electron chi connectivity index (χ3n) is 10.9. The Morgan fingerprint density at radius 3 is 2.52 bits per heavy atom. The Labute approximate surface area is 181 Å². The minimum Gasteiger partial charge on any atom is -0.463 e. The number of carbonyl (C=O) groups excluding carboxylic acids is 2. The van der Waals surface area contributed by atoms with E-state index in [1.54, 1.807) is 0 Å². The molecular weight excluding hydrogens is 398 g/mol. The lowest BCUT2D eigenvalue weighted by Gasteiger charge is -2.68. The topological polar surface area (TPSA) is 96.3 Å². The van der Waals surface area contributed by atoms with Crippen LogP contribution in [0, 0.1) is 34.0 Å². The van der Waals surface area contributed by atoms with E-state index in [9.17, 15) is 19.8 Å². The Morgan fingerprint density at radius 1 is 1.13 bits per heavy atom. The van der Waals surface area contributed by atoms with Gasteiger partial charge in [0.1, 0.15) is 17.8 Å². The molecule has 3 aliphatic heterocycles. The molecule has 3 heterocycles. The Hall–Kier alpha value is -1.44. The van der Waals surface area contributed by atoms with Crippen molar-refractivity contribution in [3.05, 3.63) is 12.2 Å². The predicted octanol–water partition coefficient (Wildman–Crippen LogP) is 1.02. The minimum atomic E-state index is -1.21. The number of aliphatic hydroxyl groups excluding tert-OH is 1. The number of hydrogen-bond acceptors (Lipinski definition) is 7. The Bertz CT molecular complexity index is 966. The van der Waals surface area contributed by atoms with E-state index < -0.39 is 35.1 Å². The summed E-state index contributed by atoms with van der Waals surface area (Å²) >= 11 is 0. The highest BCUT2D eigenvalue weighted by Gasteiger charge is 2.95. The molecule has 31 heavy (non-hydrogen) atoms. The fourth-order valence-electron chi connectivity index (χ4n) is 11.3. The molecule has 9 fully saturated rings. The Balaban J connectivity index is 1.47. The molecule has 168 valence electrons. The van der Waals surface area contributed by atoms with Gasteiger partial charge in [0, 0.05) is 55.1 Å². The summed E-state index contributed by atoms with van der Waals surface area (Å²) in [7, 11) is 0. The van der Waals surface area contributed by atoms with E-state index >= 15 is 0 Å². The zero-order valence-electron chi connectivity index (χ0n) is 18.3. The van der Waals surface area contributed by atoms with Gasteiger partial charge in [-0.2, -0.15) is 0 Å². The number of aliphatic hydroxyl groups is 2. The average molecular weight is 430 g/mol. The molecule has 0 amide bonds. The maximum Gasteiger partial charge on any atom is 0.303 e. The molecule has 6 saturated carbocycles. The maximum absolute atomic E-state index is 12.6. The number of rotatable bonds is 2. The second-order valence-corrected chi connectivity index (χ2v) is 12.1. The molecule has 0 aromatic heterocycles. The van der Waals surface area contributed by atoms with E-state index in [0.29, 0.717) is 24.8 Å². The lowest BCUT2D eigenvalue weighted by molar-refractivity contribution is -0.284. The van der Waals surface area contributed by atoms with Crippen LogP contribution in [0.4, 0.5) is 0 Å². The quantitative estimate of drug-likeness (QED) is 0.500. The smallest absolute Gasteiger partial charge is 0.303 e. The number of hydrogen-bond donors (Lipinski definition) is 2. The van der Waals surface area contributed by atoms with E-state index in [2.05, 4.69) is 18.4 Å². The summed E-state index contributed by atoms with van der Waals surface area (Å²) < 4.78 is 11.6. The summed E-state index contributed by atoms with van der Waals surface area (Å²) in [4.78, 5) is 26.5. The van der Waals surface area contributed by atoms with Crippen LogP contribution in [-0.2, 0) is 19.1 Å². The van der Waals surface area contributed by atoms with Gasteiger partial charge in [0.2, 0.25) is 0 Å². The van der Waals surface area contributed by atoms with E-state index in [1.165, 1.54) is 13.8 Å². The van der Waals surface area contributed by atoms with Gasteiger partial charge in [-0.1, -0.05) is 19.1 Å². The SMILES string of the molecule is C=C1C[C@@]23C[C@H]4[C@@H]5[C@@]6(C)C[C@H](OC(C)=O)C[C@]57C(N4C6)[C@@]2(O)[C@H](OC(C)=O)[C@H]1[C@@H](O)[C@@H]73. The van der Waals surface area contributed by atoms with Gasteiger partial charge in [-0.05, 0) is 37.0 Å². The Morgan fingerprint density at radius 2 is 1.84 bits per heavy atom. The van der Waals surface area contributed by atoms with E-state index in [0.717, 1.165) is 25.0 Å². The van der Waals surface area contributed by atoms with Crippen LogP contribution < -0.4 is 0 Å². The van der Waals surface area contributed by atoms with Crippen molar-refractivity contribution in [3.63, 3.8) is 0 Å². The number of nitrogens with zero attached hydrogens (tertiary/aromatic N) is 1. The van der Waals surface area contributed by atoms with E-state index in [-0.39, 0.29) is 34.9 Å². The highest BCUT2D eigenvalue weighted by molar-refractivity contribution is 5.67. The van der Waals surface area contributed by atoms with Crippen molar-refractivity contribution in [1.82, 2.24) is 4.90 Å². The molecule has 9 rings (SSSR count). The summed E-state index contributed by atoms with van der Waals surface area (Å²) in [5.74, 6) is -0.896. The monoisotopic (exact) mass is 429 g/mol. The molecule has 3 saturated heterocycles. The average Bonchev–Trinajstić information content (AvgIpc) is 3.03. The minimum absolute atomic E-state index is 0.0120. The molecular formula is C24H31NO6. The summed E-state index contributed by atoms with van der Waals surface area (Å²) in [6.07, 6.45) is 1.30. The van der Waals surface area contributed by atoms with Crippen molar-refractivity contribution >= 4 is 11.9 Å². The number of fused-ring (bicyclic) bond motifs is 1. The molecule has 2 spiro atoms. The fourth-order valence-corrected chi connectivity index (χ4v) is 11.3. The molecule has 7 nitrogen and oxygen atoms in total. The predicted molar refractivity (Wildman–Crippen MR) is 107 cm³/mol. The largest absolute Gasteiger partial charge is 0.463 e. The number of esters is 2. The summed E-state index contributed by atoms with van der Waals surface area (Å²) in [6, 6.07) is 0.176. The highest BCUT2D eigenvalue weighted by atomic mass is 16.6.